The van der Waals surface area contributed by atoms with Crippen LogP contribution in [-0.4, -0.2) is 15.2 Å². The Morgan fingerprint density at radius 3 is 3.04 bits per heavy atom. The predicted molar refractivity (Wildman–Crippen MR) is 91.1 cm³/mol. The maximum Gasteiger partial charge on any atom is 0.173 e. The molecule has 24 heavy (non-hydrogen) atoms. The first kappa shape index (κ1) is 14.5. The molecule has 0 aromatic carbocycles. The number of hydrogen-bond acceptors (Lipinski definition) is 4. The Morgan fingerprint density at radius 1 is 1.21 bits per heavy atom. The molecule has 120 valence electrons. The lowest BCUT2D eigenvalue weighted by atomic mass is 10.0. The second-order valence-corrected chi connectivity index (χ2v) is 5.65. The van der Waals surface area contributed by atoms with Gasteiger partial charge in [-0.15, -0.1) is 0 Å². The van der Waals surface area contributed by atoms with Crippen LogP contribution < -0.4 is 0 Å². The van der Waals surface area contributed by atoms with Crippen molar-refractivity contribution >= 4 is 5.76 Å². The Morgan fingerprint density at radius 2 is 2.21 bits per heavy atom. The molecule has 0 unspecified atom stereocenters. The van der Waals surface area contributed by atoms with Gasteiger partial charge in [0.1, 0.15) is 18.3 Å². The number of H-pyrrole nitrogens is 1. The van der Waals surface area contributed by atoms with Gasteiger partial charge < -0.3 is 9.47 Å². The highest BCUT2D eigenvalue weighted by Gasteiger charge is 2.19. The van der Waals surface area contributed by atoms with Crippen molar-refractivity contribution in [2.24, 2.45) is 0 Å². The molecule has 1 aliphatic carbocycles. The number of allylic oxidation sites excluding steroid dienone is 4. The molecule has 0 spiro atoms. The monoisotopic (exact) mass is 319 g/mol. The van der Waals surface area contributed by atoms with Crippen molar-refractivity contribution in [3.63, 3.8) is 0 Å². The molecule has 0 saturated heterocycles. The zero-order valence-corrected chi connectivity index (χ0v) is 13.1. The number of nitrogens with zero attached hydrogens (tertiary/aromatic N) is 2. The van der Waals surface area contributed by atoms with Crippen LogP contribution in [0.15, 0.2) is 72.7 Å². The van der Waals surface area contributed by atoms with Crippen molar-refractivity contribution in [3.8, 4) is 11.4 Å². The maximum absolute atomic E-state index is 6.04. The van der Waals surface area contributed by atoms with Crippen LogP contribution in [0.4, 0.5) is 0 Å². The highest BCUT2D eigenvalue weighted by Crippen LogP contribution is 2.32. The number of ether oxygens (including phenoxy) is 2. The zero-order valence-electron chi connectivity index (χ0n) is 13.1. The Hall–Kier alpha value is -3.08. The molecular weight excluding hydrogens is 302 g/mol. The zero-order chi connectivity index (χ0) is 16.2. The third kappa shape index (κ3) is 3.01. The van der Waals surface area contributed by atoms with E-state index in [9.17, 15) is 0 Å². The highest BCUT2D eigenvalue weighted by molar-refractivity contribution is 5.74. The van der Waals surface area contributed by atoms with Crippen LogP contribution in [-0.2, 0) is 9.47 Å². The number of hydrogen-bond donors (Lipinski definition) is 1. The van der Waals surface area contributed by atoms with Crippen molar-refractivity contribution in [2.75, 3.05) is 0 Å². The summed E-state index contributed by atoms with van der Waals surface area (Å²) in [5.41, 5.74) is 3.79. The van der Waals surface area contributed by atoms with E-state index in [0.717, 1.165) is 42.0 Å². The van der Waals surface area contributed by atoms with Crippen LogP contribution in [0.2, 0.25) is 0 Å². The lowest BCUT2D eigenvalue weighted by molar-refractivity contribution is 0.273. The second-order valence-electron chi connectivity index (χ2n) is 5.65. The van der Waals surface area contributed by atoms with E-state index in [1.54, 1.807) is 24.9 Å². The Bertz CT molecular complexity index is 845. The summed E-state index contributed by atoms with van der Waals surface area (Å²) < 4.78 is 11.5. The van der Waals surface area contributed by atoms with Crippen molar-refractivity contribution < 1.29 is 9.47 Å². The molecule has 1 N–H and O–H groups in total. The van der Waals surface area contributed by atoms with E-state index in [2.05, 4.69) is 33.4 Å². The van der Waals surface area contributed by atoms with Crippen LogP contribution in [0.5, 0.6) is 0 Å². The summed E-state index contributed by atoms with van der Waals surface area (Å²) in [6.45, 7) is 0. The molecule has 5 heteroatoms. The topological polar surface area (TPSA) is 60.0 Å². The normalized spacial score (nSPS) is 16.6. The smallest absolute Gasteiger partial charge is 0.173 e. The fraction of sp³-hybridized carbons (Fsp3) is 0.158. The molecule has 5 nitrogen and oxygen atoms in total. The SMILES string of the molecule is C1=CCCC(CC2=COC=C(c3cn[nH]c3-c3ccccn3)O2)=C1. The van der Waals surface area contributed by atoms with Crippen molar-refractivity contribution in [2.45, 2.75) is 19.3 Å². The minimum absolute atomic E-state index is 0.633. The highest BCUT2D eigenvalue weighted by atomic mass is 16.5. The molecule has 0 atom stereocenters. The molecule has 2 aromatic heterocycles. The summed E-state index contributed by atoms with van der Waals surface area (Å²) in [7, 11) is 0. The van der Waals surface area contributed by atoms with Crippen LogP contribution in [0.1, 0.15) is 24.8 Å². The third-order valence-electron chi connectivity index (χ3n) is 3.94. The molecule has 0 saturated carbocycles. The van der Waals surface area contributed by atoms with Gasteiger partial charge in [-0.05, 0) is 25.0 Å². The summed E-state index contributed by atoms with van der Waals surface area (Å²) in [6.07, 6.45) is 16.0. The molecular formula is C19H17N3O2. The van der Waals surface area contributed by atoms with E-state index >= 15 is 0 Å². The average molecular weight is 319 g/mol. The molecule has 0 amide bonds. The number of aromatic nitrogens is 3. The number of aromatic amines is 1. The average Bonchev–Trinajstić information content (AvgIpc) is 3.13. The second kappa shape index (κ2) is 6.58. The summed E-state index contributed by atoms with van der Waals surface area (Å²) in [5.74, 6) is 1.43. The maximum atomic E-state index is 6.04. The van der Waals surface area contributed by atoms with E-state index in [0.29, 0.717) is 5.76 Å². The molecule has 4 rings (SSSR count). The summed E-state index contributed by atoms with van der Waals surface area (Å²) >= 11 is 0. The van der Waals surface area contributed by atoms with E-state index < -0.39 is 0 Å². The van der Waals surface area contributed by atoms with Gasteiger partial charge in [0.2, 0.25) is 0 Å². The molecule has 3 heterocycles. The Kier molecular flexibility index (Phi) is 3.98. The van der Waals surface area contributed by atoms with Crippen LogP contribution >= 0.6 is 0 Å². The van der Waals surface area contributed by atoms with Crippen LogP contribution in [0.25, 0.3) is 17.1 Å². The first-order valence-corrected chi connectivity index (χ1v) is 7.92. The van der Waals surface area contributed by atoms with E-state index in [-0.39, 0.29) is 0 Å². The number of pyridine rings is 1. The van der Waals surface area contributed by atoms with Crippen molar-refractivity contribution in [1.82, 2.24) is 15.2 Å². The van der Waals surface area contributed by atoms with Gasteiger partial charge in [-0.1, -0.05) is 29.9 Å². The fourth-order valence-electron chi connectivity index (χ4n) is 2.76. The third-order valence-corrected chi connectivity index (χ3v) is 3.94. The van der Waals surface area contributed by atoms with Gasteiger partial charge in [-0.2, -0.15) is 5.10 Å². The van der Waals surface area contributed by atoms with Crippen LogP contribution in [0.3, 0.4) is 0 Å². The number of rotatable bonds is 4. The minimum Gasteiger partial charge on any atom is -0.465 e. The quantitative estimate of drug-likeness (QED) is 0.911. The van der Waals surface area contributed by atoms with E-state index in [1.165, 1.54) is 5.57 Å². The van der Waals surface area contributed by atoms with Gasteiger partial charge in [0.15, 0.2) is 5.76 Å². The minimum atomic E-state index is 0.633. The molecule has 2 aliphatic rings. The summed E-state index contributed by atoms with van der Waals surface area (Å²) in [4.78, 5) is 4.36. The molecule has 0 bridgehead atoms. The summed E-state index contributed by atoms with van der Waals surface area (Å²) in [5, 5.41) is 7.12. The molecule has 1 aliphatic heterocycles. The van der Waals surface area contributed by atoms with E-state index in [4.69, 9.17) is 9.47 Å². The molecule has 0 fully saturated rings. The first-order valence-electron chi connectivity index (χ1n) is 7.92. The molecule has 2 aromatic rings. The Balaban J connectivity index is 1.54. The summed E-state index contributed by atoms with van der Waals surface area (Å²) in [6, 6.07) is 5.75. The van der Waals surface area contributed by atoms with Gasteiger partial charge in [0.05, 0.1) is 23.1 Å². The van der Waals surface area contributed by atoms with Gasteiger partial charge in [0, 0.05) is 12.6 Å². The van der Waals surface area contributed by atoms with Gasteiger partial charge in [-0.3, -0.25) is 10.1 Å². The van der Waals surface area contributed by atoms with Crippen molar-refractivity contribution in [1.29, 1.82) is 0 Å². The lowest BCUT2D eigenvalue weighted by Gasteiger charge is -2.18. The lowest BCUT2D eigenvalue weighted by Crippen LogP contribution is -2.02. The van der Waals surface area contributed by atoms with Gasteiger partial charge >= 0.3 is 0 Å². The standard InChI is InChI=1S/C19H17N3O2/c1-2-6-14(7-3-1)10-15-12-23-13-18(24-15)16-11-21-22-19(16)17-8-4-5-9-20-17/h1-2,4-6,8-9,11-13H,3,7,10H2,(H,21,22). The largest absolute Gasteiger partial charge is 0.465 e. The van der Waals surface area contributed by atoms with Crippen LogP contribution in [0, 0.1) is 0 Å². The number of nitrogens with one attached hydrogen (secondary N) is 1. The molecule has 0 radical (unpaired) electrons. The fourth-order valence-corrected chi connectivity index (χ4v) is 2.76. The van der Waals surface area contributed by atoms with Crippen molar-refractivity contribution in [3.05, 3.63) is 78.2 Å². The van der Waals surface area contributed by atoms with Gasteiger partial charge in [-0.25, -0.2) is 0 Å². The predicted octanol–water partition coefficient (Wildman–Crippen LogP) is 4.32. The Labute approximate surface area is 140 Å². The van der Waals surface area contributed by atoms with E-state index in [1.807, 2.05) is 18.2 Å². The first-order chi connectivity index (χ1) is 11.9. The van der Waals surface area contributed by atoms with Gasteiger partial charge in [0.25, 0.3) is 0 Å².